The molecule has 2 rings (SSSR count). The second kappa shape index (κ2) is 3.86. The van der Waals surface area contributed by atoms with Crippen molar-refractivity contribution in [1.82, 2.24) is 0 Å². The van der Waals surface area contributed by atoms with Gasteiger partial charge in [0.1, 0.15) is 12.7 Å². The molecule has 76 valence electrons. The van der Waals surface area contributed by atoms with E-state index in [1.165, 1.54) is 0 Å². The topological polar surface area (TPSA) is 53.7 Å². The largest absolute Gasteiger partial charge is 0.486 e. The number of fused-ring (bicyclic) bond motifs is 1. The average Bonchev–Trinajstić information content (AvgIpc) is 2.27. The standard InChI is InChI=1S/C10H13NO3/c1-7(14-11)10-6-12-8-4-2-3-5-9(8)13-10/h2-5,7,10H,6,11H2,1H3. The molecule has 1 aromatic rings. The van der Waals surface area contributed by atoms with Gasteiger partial charge in [0.15, 0.2) is 17.6 Å². The summed E-state index contributed by atoms with van der Waals surface area (Å²) >= 11 is 0. The SMILES string of the molecule is CC(ON)C1COc2ccccc2O1. The molecular weight excluding hydrogens is 182 g/mol. The van der Waals surface area contributed by atoms with Gasteiger partial charge in [0, 0.05) is 0 Å². The highest BCUT2D eigenvalue weighted by atomic mass is 16.6. The molecule has 0 saturated carbocycles. The van der Waals surface area contributed by atoms with Gasteiger partial charge < -0.3 is 9.47 Å². The number of hydrogen-bond donors (Lipinski definition) is 1. The minimum absolute atomic E-state index is 0.144. The Morgan fingerprint density at radius 2 is 2.14 bits per heavy atom. The molecule has 4 nitrogen and oxygen atoms in total. The maximum absolute atomic E-state index is 5.65. The van der Waals surface area contributed by atoms with Crippen LogP contribution >= 0.6 is 0 Å². The molecule has 0 spiro atoms. The Morgan fingerprint density at radius 1 is 1.43 bits per heavy atom. The molecule has 0 bridgehead atoms. The van der Waals surface area contributed by atoms with Crippen molar-refractivity contribution >= 4 is 0 Å². The van der Waals surface area contributed by atoms with E-state index in [0.717, 1.165) is 11.5 Å². The van der Waals surface area contributed by atoms with Crippen molar-refractivity contribution in [2.75, 3.05) is 6.61 Å². The lowest BCUT2D eigenvalue weighted by molar-refractivity contribution is -0.0453. The van der Waals surface area contributed by atoms with Gasteiger partial charge in [0.25, 0.3) is 0 Å². The Kier molecular flexibility index (Phi) is 2.56. The van der Waals surface area contributed by atoms with Gasteiger partial charge in [-0.25, -0.2) is 5.90 Å². The van der Waals surface area contributed by atoms with Crippen molar-refractivity contribution in [3.63, 3.8) is 0 Å². The zero-order valence-electron chi connectivity index (χ0n) is 7.97. The highest BCUT2D eigenvalue weighted by Crippen LogP contribution is 2.31. The van der Waals surface area contributed by atoms with Crippen LogP contribution in [0.2, 0.25) is 0 Å². The maximum Gasteiger partial charge on any atom is 0.161 e. The number of ether oxygens (including phenoxy) is 2. The molecule has 4 heteroatoms. The summed E-state index contributed by atoms with van der Waals surface area (Å²) in [6, 6.07) is 7.55. The summed E-state index contributed by atoms with van der Waals surface area (Å²) in [5.74, 6) is 6.60. The molecule has 0 amide bonds. The van der Waals surface area contributed by atoms with Gasteiger partial charge in [-0.05, 0) is 19.1 Å². The Morgan fingerprint density at radius 3 is 2.86 bits per heavy atom. The highest BCUT2D eigenvalue weighted by molar-refractivity contribution is 5.40. The predicted octanol–water partition coefficient (Wildman–Crippen LogP) is 1.11. The van der Waals surface area contributed by atoms with Crippen LogP contribution in [0.1, 0.15) is 6.92 Å². The number of rotatable bonds is 2. The van der Waals surface area contributed by atoms with Crippen LogP contribution in [0.15, 0.2) is 24.3 Å². The number of para-hydroxylation sites is 2. The van der Waals surface area contributed by atoms with E-state index in [1.54, 1.807) is 0 Å². The summed E-state index contributed by atoms with van der Waals surface area (Å²) < 4.78 is 11.2. The average molecular weight is 195 g/mol. The van der Waals surface area contributed by atoms with E-state index >= 15 is 0 Å². The molecule has 0 saturated heterocycles. The number of benzene rings is 1. The molecule has 2 unspecified atom stereocenters. The minimum atomic E-state index is -0.177. The fourth-order valence-corrected chi connectivity index (χ4v) is 1.35. The zero-order chi connectivity index (χ0) is 9.97. The third-order valence-electron chi connectivity index (χ3n) is 2.27. The molecule has 1 aliphatic heterocycles. The molecule has 2 atom stereocenters. The van der Waals surface area contributed by atoms with Gasteiger partial charge in [-0.1, -0.05) is 12.1 Å². The van der Waals surface area contributed by atoms with E-state index in [0.29, 0.717) is 6.61 Å². The molecular formula is C10H13NO3. The van der Waals surface area contributed by atoms with Gasteiger partial charge in [-0.2, -0.15) is 0 Å². The van der Waals surface area contributed by atoms with Gasteiger partial charge in [-0.3, -0.25) is 4.84 Å². The van der Waals surface area contributed by atoms with Crippen LogP contribution in [-0.4, -0.2) is 18.8 Å². The second-order valence-corrected chi connectivity index (χ2v) is 3.26. The molecule has 0 aliphatic carbocycles. The molecule has 1 aromatic carbocycles. The van der Waals surface area contributed by atoms with E-state index in [9.17, 15) is 0 Å². The first-order valence-corrected chi connectivity index (χ1v) is 4.55. The van der Waals surface area contributed by atoms with E-state index < -0.39 is 0 Å². The summed E-state index contributed by atoms with van der Waals surface area (Å²) in [6.45, 7) is 2.32. The summed E-state index contributed by atoms with van der Waals surface area (Å²) in [5.41, 5.74) is 0. The molecule has 0 radical (unpaired) electrons. The smallest absolute Gasteiger partial charge is 0.161 e. The second-order valence-electron chi connectivity index (χ2n) is 3.26. The van der Waals surface area contributed by atoms with Crippen molar-refractivity contribution in [3.05, 3.63) is 24.3 Å². The van der Waals surface area contributed by atoms with E-state index in [-0.39, 0.29) is 12.2 Å². The van der Waals surface area contributed by atoms with Crippen LogP contribution in [0.3, 0.4) is 0 Å². The predicted molar refractivity (Wildman–Crippen MR) is 51.1 cm³/mol. The fraction of sp³-hybridized carbons (Fsp3) is 0.400. The lowest BCUT2D eigenvalue weighted by atomic mass is 10.2. The zero-order valence-corrected chi connectivity index (χ0v) is 7.97. The third-order valence-corrected chi connectivity index (χ3v) is 2.27. The van der Waals surface area contributed by atoms with E-state index in [4.69, 9.17) is 20.2 Å². The Bertz CT molecular complexity index is 316. The fourth-order valence-electron chi connectivity index (χ4n) is 1.35. The molecule has 1 heterocycles. The minimum Gasteiger partial charge on any atom is -0.486 e. The Hall–Kier alpha value is -1.26. The summed E-state index contributed by atoms with van der Waals surface area (Å²) in [5, 5.41) is 0. The van der Waals surface area contributed by atoms with Crippen LogP contribution in [-0.2, 0) is 4.84 Å². The molecule has 0 fully saturated rings. The van der Waals surface area contributed by atoms with Gasteiger partial charge >= 0.3 is 0 Å². The lowest BCUT2D eigenvalue weighted by Gasteiger charge is -2.29. The number of hydrogen-bond acceptors (Lipinski definition) is 4. The van der Waals surface area contributed by atoms with Gasteiger partial charge in [-0.15, -0.1) is 0 Å². The van der Waals surface area contributed by atoms with Gasteiger partial charge in [0.2, 0.25) is 0 Å². The summed E-state index contributed by atoms with van der Waals surface area (Å²) in [4.78, 5) is 4.70. The third kappa shape index (κ3) is 1.66. The van der Waals surface area contributed by atoms with Crippen molar-refractivity contribution in [3.8, 4) is 11.5 Å². The van der Waals surface area contributed by atoms with E-state index in [2.05, 4.69) is 0 Å². The number of nitrogens with two attached hydrogens (primary N) is 1. The normalized spacial score (nSPS) is 21.7. The van der Waals surface area contributed by atoms with Crippen LogP contribution in [0.5, 0.6) is 11.5 Å². The molecule has 1 aliphatic rings. The van der Waals surface area contributed by atoms with Crippen molar-refractivity contribution < 1.29 is 14.3 Å². The quantitative estimate of drug-likeness (QED) is 0.718. The first kappa shape index (κ1) is 9.30. The van der Waals surface area contributed by atoms with E-state index in [1.807, 2.05) is 31.2 Å². The Balaban J connectivity index is 2.13. The Labute approximate surface area is 82.5 Å². The summed E-state index contributed by atoms with van der Waals surface area (Å²) in [7, 11) is 0. The first-order chi connectivity index (χ1) is 6.81. The molecule has 2 N–H and O–H groups in total. The van der Waals surface area contributed by atoms with Crippen molar-refractivity contribution in [2.24, 2.45) is 5.90 Å². The molecule has 0 aromatic heterocycles. The monoisotopic (exact) mass is 195 g/mol. The first-order valence-electron chi connectivity index (χ1n) is 4.55. The summed E-state index contributed by atoms with van der Waals surface area (Å²) in [6.07, 6.45) is -0.321. The van der Waals surface area contributed by atoms with Crippen LogP contribution in [0, 0.1) is 0 Å². The maximum atomic E-state index is 5.65. The van der Waals surface area contributed by atoms with Crippen molar-refractivity contribution in [1.29, 1.82) is 0 Å². The van der Waals surface area contributed by atoms with Crippen LogP contribution < -0.4 is 15.4 Å². The highest BCUT2D eigenvalue weighted by Gasteiger charge is 2.26. The van der Waals surface area contributed by atoms with Crippen molar-refractivity contribution in [2.45, 2.75) is 19.1 Å². The van der Waals surface area contributed by atoms with Crippen LogP contribution in [0.25, 0.3) is 0 Å². The molecule has 14 heavy (non-hydrogen) atoms. The van der Waals surface area contributed by atoms with Gasteiger partial charge in [0.05, 0.1) is 0 Å². The van der Waals surface area contributed by atoms with Crippen LogP contribution in [0.4, 0.5) is 0 Å². The lowest BCUT2D eigenvalue weighted by Crippen LogP contribution is -2.40.